The molecule has 0 saturated carbocycles. The van der Waals surface area contributed by atoms with Crippen molar-refractivity contribution in [2.45, 2.75) is 25.9 Å². The van der Waals surface area contributed by atoms with Crippen molar-refractivity contribution < 1.29 is 8.42 Å². The van der Waals surface area contributed by atoms with Crippen LogP contribution < -0.4 is 10.0 Å². The van der Waals surface area contributed by atoms with E-state index in [-0.39, 0.29) is 0 Å². The van der Waals surface area contributed by atoms with Gasteiger partial charge in [-0.3, -0.25) is 0 Å². The third-order valence-corrected chi connectivity index (χ3v) is 4.25. The standard InChI is InChI=1S/C15H23N3O2S/c1-15(2,17-21(4,19)20)11-16-9-12-10-18(3)14-8-6-5-7-13(12)14/h5-8,10,16-17H,9,11H2,1-4H3. The molecular weight excluding hydrogens is 286 g/mol. The molecule has 0 radical (unpaired) electrons. The summed E-state index contributed by atoms with van der Waals surface area (Å²) >= 11 is 0. The molecule has 1 aromatic heterocycles. The number of para-hydroxylation sites is 1. The molecule has 0 atom stereocenters. The summed E-state index contributed by atoms with van der Waals surface area (Å²) < 4.78 is 27.4. The van der Waals surface area contributed by atoms with Crippen LogP contribution >= 0.6 is 0 Å². The summed E-state index contributed by atoms with van der Waals surface area (Å²) in [6, 6.07) is 8.25. The highest BCUT2D eigenvalue weighted by Gasteiger charge is 2.21. The second-order valence-corrected chi connectivity index (χ2v) is 7.89. The van der Waals surface area contributed by atoms with E-state index in [1.807, 2.05) is 33.0 Å². The summed E-state index contributed by atoms with van der Waals surface area (Å²) in [5.41, 5.74) is 1.89. The number of fused-ring (bicyclic) bond motifs is 1. The Balaban J connectivity index is 2.03. The van der Waals surface area contributed by atoms with E-state index in [1.165, 1.54) is 22.7 Å². The topological polar surface area (TPSA) is 63.1 Å². The van der Waals surface area contributed by atoms with Gasteiger partial charge in [0.2, 0.25) is 10.0 Å². The van der Waals surface area contributed by atoms with Gasteiger partial charge in [0.15, 0.2) is 0 Å². The molecule has 21 heavy (non-hydrogen) atoms. The molecule has 2 N–H and O–H groups in total. The first-order valence-corrected chi connectivity index (χ1v) is 8.80. The smallest absolute Gasteiger partial charge is 0.209 e. The minimum Gasteiger partial charge on any atom is -0.350 e. The summed E-state index contributed by atoms with van der Waals surface area (Å²) in [5, 5.41) is 4.55. The monoisotopic (exact) mass is 309 g/mol. The highest BCUT2D eigenvalue weighted by Crippen LogP contribution is 2.20. The summed E-state index contributed by atoms with van der Waals surface area (Å²) in [4.78, 5) is 0. The van der Waals surface area contributed by atoms with Crippen LogP contribution in [0.1, 0.15) is 19.4 Å². The molecular formula is C15H23N3O2S. The van der Waals surface area contributed by atoms with Gasteiger partial charge in [0.05, 0.1) is 6.26 Å². The van der Waals surface area contributed by atoms with Crippen LogP contribution in [0, 0.1) is 0 Å². The number of sulfonamides is 1. The second-order valence-electron chi connectivity index (χ2n) is 6.14. The largest absolute Gasteiger partial charge is 0.350 e. The summed E-state index contributed by atoms with van der Waals surface area (Å²) in [6.07, 6.45) is 3.29. The van der Waals surface area contributed by atoms with Crippen LogP contribution in [0.5, 0.6) is 0 Å². The number of hydrogen-bond acceptors (Lipinski definition) is 3. The molecule has 0 aliphatic rings. The molecule has 2 rings (SSSR count). The zero-order valence-corrected chi connectivity index (χ0v) is 13.8. The number of benzene rings is 1. The summed E-state index contributed by atoms with van der Waals surface area (Å²) in [5.74, 6) is 0. The highest BCUT2D eigenvalue weighted by atomic mass is 32.2. The second kappa shape index (κ2) is 5.79. The molecule has 0 saturated heterocycles. The Bertz CT molecular complexity index is 732. The first-order valence-electron chi connectivity index (χ1n) is 6.90. The van der Waals surface area contributed by atoms with E-state index in [1.54, 1.807) is 0 Å². The van der Waals surface area contributed by atoms with Crippen molar-refractivity contribution in [3.63, 3.8) is 0 Å². The molecule has 2 aromatic rings. The predicted molar refractivity (Wildman–Crippen MR) is 86.7 cm³/mol. The zero-order valence-electron chi connectivity index (χ0n) is 13.0. The minimum absolute atomic E-state index is 0.516. The van der Waals surface area contributed by atoms with E-state index < -0.39 is 15.6 Å². The Kier molecular flexibility index (Phi) is 4.41. The van der Waals surface area contributed by atoms with Gasteiger partial charge in [-0.15, -0.1) is 0 Å². The van der Waals surface area contributed by atoms with E-state index in [4.69, 9.17) is 0 Å². The van der Waals surface area contributed by atoms with Crippen molar-refractivity contribution in [2.24, 2.45) is 7.05 Å². The van der Waals surface area contributed by atoms with Gasteiger partial charge >= 0.3 is 0 Å². The van der Waals surface area contributed by atoms with Gasteiger partial charge < -0.3 is 9.88 Å². The third kappa shape index (κ3) is 4.30. The van der Waals surface area contributed by atoms with Gasteiger partial charge in [-0.2, -0.15) is 0 Å². The SMILES string of the molecule is Cn1cc(CNCC(C)(C)NS(C)(=O)=O)c2ccccc21. The molecule has 0 amide bonds. The van der Waals surface area contributed by atoms with Gasteiger partial charge in [0.25, 0.3) is 0 Å². The molecule has 0 unspecified atom stereocenters. The Morgan fingerprint density at radius 3 is 2.57 bits per heavy atom. The van der Waals surface area contributed by atoms with E-state index >= 15 is 0 Å². The lowest BCUT2D eigenvalue weighted by molar-refractivity contribution is 0.421. The number of aromatic nitrogens is 1. The molecule has 0 aliphatic carbocycles. The van der Waals surface area contributed by atoms with Crippen molar-refractivity contribution >= 4 is 20.9 Å². The van der Waals surface area contributed by atoms with E-state index in [2.05, 4.69) is 32.9 Å². The lowest BCUT2D eigenvalue weighted by Gasteiger charge is -2.25. The maximum absolute atomic E-state index is 11.3. The molecule has 0 aliphatic heterocycles. The van der Waals surface area contributed by atoms with Crippen LogP contribution in [-0.2, 0) is 23.6 Å². The Morgan fingerprint density at radius 1 is 1.24 bits per heavy atom. The summed E-state index contributed by atoms with van der Waals surface area (Å²) in [7, 11) is -1.17. The van der Waals surface area contributed by atoms with Gasteiger partial charge in [0.1, 0.15) is 0 Å². The van der Waals surface area contributed by atoms with E-state index in [9.17, 15) is 8.42 Å². The van der Waals surface area contributed by atoms with Crippen molar-refractivity contribution in [1.82, 2.24) is 14.6 Å². The Labute approximate surface area is 126 Å². The van der Waals surface area contributed by atoms with Gasteiger partial charge in [-0.05, 0) is 25.5 Å². The maximum atomic E-state index is 11.3. The van der Waals surface area contributed by atoms with Crippen LogP contribution in [0.15, 0.2) is 30.5 Å². The highest BCUT2D eigenvalue weighted by molar-refractivity contribution is 7.88. The molecule has 1 aromatic carbocycles. The zero-order chi connectivity index (χ0) is 15.7. The normalized spacial score (nSPS) is 13.0. The first kappa shape index (κ1) is 16.0. The predicted octanol–water partition coefficient (Wildman–Crippen LogP) is 1.60. The van der Waals surface area contributed by atoms with E-state index in [0.717, 1.165) is 0 Å². The first-order chi connectivity index (χ1) is 9.68. The average Bonchev–Trinajstić information content (AvgIpc) is 2.64. The van der Waals surface area contributed by atoms with Crippen molar-refractivity contribution in [3.05, 3.63) is 36.0 Å². The van der Waals surface area contributed by atoms with Crippen molar-refractivity contribution in [3.8, 4) is 0 Å². The van der Waals surface area contributed by atoms with Gasteiger partial charge in [-0.1, -0.05) is 18.2 Å². The number of hydrogen-bond donors (Lipinski definition) is 2. The third-order valence-electron chi connectivity index (χ3n) is 3.32. The minimum atomic E-state index is -3.20. The molecule has 5 nitrogen and oxygen atoms in total. The lowest BCUT2D eigenvalue weighted by Crippen LogP contribution is -2.49. The number of nitrogens with zero attached hydrogens (tertiary/aromatic N) is 1. The average molecular weight is 309 g/mol. The fraction of sp³-hybridized carbons (Fsp3) is 0.467. The van der Waals surface area contributed by atoms with Crippen LogP contribution in [0.25, 0.3) is 10.9 Å². The van der Waals surface area contributed by atoms with Crippen molar-refractivity contribution in [1.29, 1.82) is 0 Å². The molecule has 0 spiro atoms. The maximum Gasteiger partial charge on any atom is 0.209 e. The van der Waals surface area contributed by atoms with Crippen LogP contribution in [0.2, 0.25) is 0 Å². The summed E-state index contributed by atoms with van der Waals surface area (Å²) in [6.45, 7) is 4.99. The lowest BCUT2D eigenvalue weighted by atomic mass is 10.1. The molecule has 0 fully saturated rings. The number of aryl methyl sites for hydroxylation is 1. The fourth-order valence-corrected chi connectivity index (χ4v) is 3.69. The quantitative estimate of drug-likeness (QED) is 0.852. The van der Waals surface area contributed by atoms with Crippen LogP contribution in [0.4, 0.5) is 0 Å². The molecule has 1 heterocycles. The van der Waals surface area contributed by atoms with Crippen LogP contribution in [-0.4, -0.2) is 31.3 Å². The van der Waals surface area contributed by atoms with Gasteiger partial charge in [-0.25, -0.2) is 13.1 Å². The van der Waals surface area contributed by atoms with E-state index in [0.29, 0.717) is 13.1 Å². The van der Waals surface area contributed by atoms with Crippen molar-refractivity contribution in [2.75, 3.05) is 12.8 Å². The fourth-order valence-electron chi connectivity index (χ4n) is 2.61. The molecule has 0 bridgehead atoms. The Morgan fingerprint density at radius 2 is 1.90 bits per heavy atom. The number of rotatable bonds is 6. The molecule has 116 valence electrons. The number of nitrogens with one attached hydrogen (secondary N) is 2. The Hall–Kier alpha value is -1.37. The van der Waals surface area contributed by atoms with Gasteiger partial charge in [0, 0.05) is 42.8 Å². The molecule has 6 heteroatoms. The van der Waals surface area contributed by atoms with Crippen LogP contribution in [0.3, 0.4) is 0 Å².